The molecule has 6 nitrogen and oxygen atoms in total. The zero-order valence-electron chi connectivity index (χ0n) is 6.06. The van der Waals surface area contributed by atoms with Crippen molar-refractivity contribution in [2.45, 2.75) is 12.8 Å². The summed E-state index contributed by atoms with van der Waals surface area (Å²) in [5.41, 5.74) is 0. The molecule has 0 bridgehead atoms. The van der Waals surface area contributed by atoms with Gasteiger partial charge >= 0.3 is 0 Å². The molecule has 1 fully saturated rings. The maximum absolute atomic E-state index is 10.8. The first-order chi connectivity index (χ1) is 5.40. The van der Waals surface area contributed by atoms with Crippen LogP contribution in [0.4, 0.5) is 0 Å². The third kappa shape index (κ3) is 2.02. The lowest BCUT2D eigenvalue weighted by atomic mass is 10.4. The summed E-state index contributed by atoms with van der Waals surface area (Å²) in [5.74, 6) is -2.04. The molecule has 2 amide bonds. The smallest absolute Gasteiger partial charge is 0.283 e. The number of rotatable bonds is 2. The monoisotopic (exact) mass is 193 g/mol. The Labute approximate surface area is 68.9 Å². The van der Waals surface area contributed by atoms with Gasteiger partial charge in [0, 0.05) is 12.8 Å². The molecule has 0 aliphatic carbocycles. The second-order valence-corrected chi connectivity index (χ2v) is 3.85. The van der Waals surface area contributed by atoms with Crippen molar-refractivity contribution in [3.63, 3.8) is 0 Å². The predicted octanol–water partition coefficient (Wildman–Crippen LogP) is -1.02. The van der Waals surface area contributed by atoms with E-state index < -0.39 is 27.8 Å². The summed E-state index contributed by atoms with van der Waals surface area (Å²) in [7, 11) is -4.29. The molecule has 1 aliphatic heterocycles. The van der Waals surface area contributed by atoms with Gasteiger partial charge in [-0.25, -0.2) is 0 Å². The molecule has 1 aliphatic rings. The number of carbonyl (C=O) groups excluding carboxylic acids is 2. The zero-order valence-corrected chi connectivity index (χ0v) is 6.87. The van der Waals surface area contributed by atoms with E-state index in [4.69, 9.17) is 4.55 Å². The highest BCUT2D eigenvalue weighted by Crippen LogP contribution is 2.11. The van der Waals surface area contributed by atoms with Gasteiger partial charge in [0.05, 0.1) is 0 Å². The van der Waals surface area contributed by atoms with Gasteiger partial charge in [-0.1, -0.05) is 0 Å². The van der Waals surface area contributed by atoms with Crippen molar-refractivity contribution >= 4 is 21.9 Å². The van der Waals surface area contributed by atoms with E-state index in [9.17, 15) is 18.0 Å². The molecule has 0 spiro atoms. The Bertz CT molecular complexity index is 303. The van der Waals surface area contributed by atoms with Crippen LogP contribution in [0.5, 0.6) is 0 Å². The van der Waals surface area contributed by atoms with Crippen LogP contribution in [0.25, 0.3) is 0 Å². The topological polar surface area (TPSA) is 91.8 Å². The van der Waals surface area contributed by atoms with E-state index in [1.807, 2.05) is 0 Å². The molecule has 0 aromatic rings. The Morgan fingerprint density at radius 2 is 1.67 bits per heavy atom. The van der Waals surface area contributed by atoms with Gasteiger partial charge < -0.3 is 0 Å². The number of imide groups is 1. The molecule has 1 rings (SSSR count). The molecule has 0 unspecified atom stereocenters. The molecule has 0 aromatic heterocycles. The minimum Gasteiger partial charge on any atom is -0.284 e. The Hall–Kier alpha value is -0.950. The first-order valence-electron chi connectivity index (χ1n) is 3.18. The molecule has 1 saturated heterocycles. The average molecular weight is 193 g/mol. The first-order valence-corrected chi connectivity index (χ1v) is 4.79. The van der Waals surface area contributed by atoms with Gasteiger partial charge in [-0.05, 0) is 0 Å². The quantitative estimate of drug-likeness (QED) is 0.447. The molecule has 68 valence electrons. The number of likely N-dealkylation sites (tertiary alicyclic amines) is 1. The molecule has 1 N–H and O–H groups in total. The molecule has 0 atom stereocenters. The summed E-state index contributed by atoms with van der Waals surface area (Å²) in [4.78, 5) is 22.1. The van der Waals surface area contributed by atoms with Crippen molar-refractivity contribution in [2.24, 2.45) is 0 Å². The summed E-state index contributed by atoms with van der Waals surface area (Å²) in [5, 5.41) is 0. The van der Waals surface area contributed by atoms with Crippen LogP contribution < -0.4 is 0 Å². The van der Waals surface area contributed by atoms with Gasteiger partial charge in [-0.3, -0.25) is 19.0 Å². The Balaban J connectivity index is 2.76. The number of amides is 2. The number of carbonyl (C=O) groups is 2. The summed E-state index contributed by atoms with van der Waals surface area (Å²) in [6.07, 6.45) is 0.0444. The van der Waals surface area contributed by atoms with E-state index in [2.05, 4.69) is 0 Å². The van der Waals surface area contributed by atoms with Crippen LogP contribution in [0.15, 0.2) is 0 Å². The van der Waals surface area contributed by atoms with Gasteiger partial charge in [0.2, 0.25) is 11.8 Å². The molecule has 0 saturated carbocycles. The van der Waals surface area contributed by atoms with Crippen LogP contribution in [0.1, 0.15) is 12.8 Å². The van der Waals surface area contributed by atoms with Crippen LogP contribution in [0, 0.1) is 0 Å². The minimum absolute atomic E-state index is 0.0222. The number of hydrogen-bond donors (Lipinski definition) is 1. The van der Waals surface area contributed by atoms with Gasteiger partial charge in [-0.15, -0.1) is 0 Å². The molecule has 12 heavy (non-hydrogen) atoms. The highest BCUT2D eigenvalue weighted by molar-refractivity contribution is 7.85. The van der Waals surface area contributed by atoms with Crippen molar-refractivity contribution in [3.05, 3.63) is 0 Å². The van der Waals surface area contributed by atoms with E-state index in [0.717, 1.165) is 0 Å². The van der Waals surface area contributed by atoms with Crippen molar-refractivity contribution in [1.29, 1.82) is 0 Å². The van der Waals surface area contributed by atoms with Gasteiger partial charge in [0.25, 0.3) is 10.1 Å². The van der Waals surface area contributed by atoms with Gasteiger partial charge in [0.15, 0.2) is 5.88 Å². The third-order valence-corrected chi connectivity index (χ3v) is 2.03. The Morgan fingerprint density at radius 3 is 2.00 bits per heavy atom. The summed E-state index contributed by atoms with van der Waals surface area (Å²) in [6.45, 7) is 0. The molecule has 0 aromatic carbocycles. The van der Waals surface area contributed by atoms with E-state index >= 15 is 0 Å². The highest BCUT2D eigenvalue weighted by atomic mass is 32.2. The van der Waals surface area contributed by atoms with Crippen LogP contribution in [-0.2, 0) is 19.7 Å². The molecular weight excluding hydrogens is 186 g/mol. The van der Waals surface area contributed by atoms with E-state index in [1.165, 1.54) is 0 Å². The van der Waals surface area contributed by atoms with E-state index in [0.29, 0.717) is 4.90 Å². The predicted molar refractivity (Wildman–Crippen MR) is 37.5 cm³/mol. The fourth-order valence-corrected chi connectivity index (χ4v) is 1.54. The second-order valence-electron chi connectivity index (χ2n) is 2.43. The standard InChI is InChI=1S/C5H7NO5S/c7-4-1-2-5(8)6(4)3-12(9,10)11/h1-3H2,(H,9,10,11). The Morgan fingerprint density at radius 1 is 1.25 bits per heavy atom. The maximum Gasteiger partial charge on any atom is 0.283 e. The van der Waals surface area contributed by atoms with Gasteiger partial charge in [-0.2, -0.15) is 8.42 Å². The van der Waals surface area contributed by atoms with E-state index in [-0.39, 0.29) is 12.8 Å². The fraction of sp³-hybridized carbons (Fsp3) is 0.600. The van der Waals surface area contributed by atoms with Crippen molar-refractivity contribution in [2.75, 3.05) is 5.88 Å². The zero-order chi connectivity index (χ0) is 9.35. The lowest BCUT2D eigenvalue weighted by Crippen LogP contribution is -2.33. The Kier molecular flexibility index (Phi) is 2.16. The molecule has 0 radical (unpaired) electrons. The van der Waals surface area contributed by atoms with Crippen LogP contribution in [0.3, 0.4) is 0 Å². The lowest BCUT2D eigenvalue weighted by molar-refractivity contribution is -0.137. The summed E-state index contributed by atoms with van der Waals surface area (Å²) in [6, 6.07) is 0. The lowest BCUT2D eigenvalue weighted by Gasteiger charge is -2.09. The van der Waals surface area contributed by atoms with Crippen molar-refractivity contribution in [3.8, 4) is 0 Å². The van der Waals surface area contributed by atoms with Gasteiger partial charge in [0.1, 0.15) is 0 Å². The second kappa shape index (κ2) is 2.83. The third-order valence-electron chi connectivity index (χ3n) is 1.45. The fourth-order valence-electron chi connectivity index (χ4n) is 0.930. The first kappa shape index (κ1) is 9.14. The van der Waals surface area contributed by atoms with Crippen LogP contribution in [0.2, 0.25) is 0 Å². The summed E-state index contributed by atoms with van der Waals surface area (Å²) < 4.78 is 28.9. The SMILES string of the molecule is O=C1CCC(=O)N1CS(=O)(=O)O. The number of nitrogens with zero attached hydrogens (tertiary/aromatic N) is 1. The normalized spacial score (nSPS) is 18.9. The van der Waals surface area contributed by atoms with Crippen molar-refractivity contribution < 1.29 is 22.6 Å². The molecule has 7 heteroatoms. The van der Waals surface area contributed by atoms with Crippen LogP contribution in [-0.4, -0.2) is 35.6 Å². The molecule has 1 heterocycles. The highest BCUT2D eigenvalue weighted by Gasteiger charge is 2.31. The van der Waals surface area contributed by atoms with E-state index in [1.54, 1.807) is 0 Å². The summed E-state index contributed by atoms with van der Waals surface area (Å²) >= 11 is 0. The van der Waals surface area contributed by atoms with Crippen LogP contribution >= 0.6 is 0 Å². The average Bonchev–Trinajstić information content (AvgIpc) is 2.16. The van der Waals surface area contributed by atoms with Crippen molar-refractivity contribution in [1.82, 2.24) is 4.90 Å². The maximum atomic E-state index is 10.8. The molecular formula is C5H7NO5S. The minimum atomic E-state index is -4.29. The number of hydrogen-bond acceptors (Lipinski definition) is 4. The largest absolute Gasteiger partial charge is 0.284 e.